The Morgan fingerprint density at radius 1 is 1.04 bits per heavy atom. The van der Waals surface area contributed by atoms with Crippen molar-refractivity contribution in [3.63, 3.8) is 0 Å². The summed E-state index contributed by atoms with van der Waals surface area (Å²) in [6, 6.07) is 14.1. The van der Waals surface area contributed by atoms with Gasteiger partial charge in [-0.25, -0.2) is 9.97 Å². The number of anilines is 3. The molecule has 2 N–H and O–H groups in total. The maximum Gasteiger partial charge on any atom is 0.189 e. The fraction of sp³-hybridized carbons (Fsp3) is 0.150. The third kappa shape index (κ3) is 3.89. The molecule has 0 atom stereocenters. The molecule has 6 nitrogen and oxygen atoms in total. The fourth-order valence-electron chi connectivity index (χ4n) is 2.82. The quantitative estimate of drug-likeness (QED) is 0.530. The number of likely N-dealkylation sites (N-methyl/N-ethyl adjacent to an activating group) is 1. The van der Waals surface area contributed by atoms with Crippen LogP contribution < -0.4 is 10.2 Å². The molecule has 0 saturated heterocycles. The number of benzene rings is 1. The van der Waals surface area contributed by atoms with Gasteiger partial charge in [0.1, 0.15) is 5.82 Å². The zero-order valence-corrected chi connectivity index (χ0v) is 15.6. The maximum atomic E-state index is 9.10. The summed E-state index contributed by atoms with van der Waals surface area (Å²) in [7, 11) is 1.94. The average Bonchev–Trinajstić information content (AvgIpc) is 3.10. The lowest BCUT2D eigenvalue weighted by Gasteiger charge is -2.18. The first-order chi connectivity index (χ1) is 13.2. The number of thiazole rings is 1. The first-order valence-corrected chi connectivity index (χ1v) is 9.40. The second-order valence-corrected chi connectivity index (χ2v) is 7.14. The normalized spacial score (nSPS) is 10.9. The number of hydrogen-bond acceptors (Lipinski definition) is 7. The van der Waals surface area contributed by atoms with E-state index in [1.807, 2.05) is 42.3 Å². The molecular formula is C20H19N5OS. The van der Waals surface area contributed by atoms with Crippen LogP contribution in [0.3, 0.4) is 0 Å². The molecule has 0 aliphatic heterocycles. The van der Waals surface area contributed by atoms with E-state index in [1.54, 1.807) is 29.9 Å². The molecule has 0 radical (unpaired) electrons. The Bertz CT molecular complexity index is 1050. The number of aliphatic hydroxyl groups excluding tert-OH is 1. The third-order valence-electron chi connectivity index (χ3n) is 4.26. The van der Waals surface area contributed by atoms with Gasteiger partial charge in [0.2, 0.25) is 0 Å². The van der Waals surface area contributed by atoms with Crippen LogP contribution >= 0.6 is 11.3 Å². The van der Waals surface area contributed by atoms with E-state index in [2.05, 4.69) is 32.4 Å². The smallest absolute Gasteiger partial charge is 0.189 e. The van der Waals surface area contributed by atoms with Crippen LogP contribution in [0.4, 0.5) is 16.6 Å². The molecule has 1 aromatic carbocycles. The van der Waals surface area contributed by atoms with Crippen molar-refractivity contribution in [2.24, 2.45) is 0 Å². The highest BCUT2D eigenvalue weighted by molar-refractivity contribution is 7.22. The summed E-state index contributed by atoms with van der Waals surface area (Å²) in [5, 5.41) is 13.2. The zero-order chi connectivity index (χ0) is 18.6. The number of aliphatic hydroxyl groups is 1. The molecule has 0 bridgehead atoms. The molecule has 136 valence electrons. The number of rotatable bonds is 6. The first-order valence-electron chi connectivity index (χ1n) is 8.59. The van der Waals surface area contributed by atoms with Gasteiger partial charge in [-0.3, -0.25) is 4.98 Å². The van der Waals surface area contributed by atoms with Crippen molar-refractivity contribution in [3.05, 3.63) is 61.1 Å². The number of fused-ring (bicyclic) bond motifs is 1. The SMILES string of the molecule is CN(CCO)c1ccnc(Nc2nc3ccc(-c4ccncc4)cc3s2)c1. The van der Waals surface area contributed by atoms with Crippen LogP contribution in [0, 0.1) is 0 Å². The molecule has 0 aliphatic rings. The van der Waals surface area contributed by atoms with Crippen LogP contribution in [0.15, 0.2) is 61.1 Å². The van der Waals surface area contributed by atoms with Crippen molar-refractivity contribution in [2.75, 3.05) is 30.4 Å². The van der Waals surface area contributed by atoms with Crippen LogP contribution in [-0.4, -0.2) is 40.3 Å². The Hall–Kier alpha value is -3.03. The van der Waals surface area contributed by atoms with E-state index in [0.717, 1.165) is 38.0 Å². The van der Waals surface area contributed by atoms with Gasteiger partial charge < -0.3 is 15.3 Å². The summed E-state index contributed by atoms with van der Waals surface area (Å²) in [4.78, 5) is 15.1. The van der Waals surface area contributed by atoms with Crippen LogP contribution in [0.5, 0.6) is 0 Å². The second-order valence-electron chi connectivity index (χ2n) is 6.11. The Morgan fingerprint density at radius 3 is 2.70 bits per heavy atom. The van der Waals surface area contributed by atoms with Gasteiger partial charge in [0.25, 0.3) is 0 Å². The lowest BCUT2D eigenvalue weighted by molar-refractivity contribution is 0.304. The van der Waals surface area contributed by atoms with Gasteiger partial charge >= 0.3 is 0 Å². The predicted octanol–water partition coefficient (Wildman–Crippen LogP) is 3.93. The lowest BCUT2D eigenvalue weighted by atomic mass is 10.1. The zero-order valence-electron chi connectivity index (χ0n) is 14.8. The highest BCUT2D eigenvalue weighted by atomic mass is 32.1. The Labute approximate surface area is 161 Å². The van der Waals surface area contributed by atoms with Crippen LogP contribution in [0.2, 0.25) is 0 Å². The number of nitrogens with one attached hydrogen (secondary N) is 1. The Kier molecular flexibility index (Phi) is 4.95. The molecule has 3 aromatic heterocycles. The highest BCUT2D eigenvalue weighted by Crippen LogP contribution is 2.32. The minimum Gasteiger partial charge on any atom is -0.395 e. The average molecular weight is 377 g/mol. The highest BCUT2D eigenvalue weighted by Gasteiger charge is 2.08. The fourth-order valence-corrected chi connectivity index (χ4v) is 3.73. The molecule has 0 fully saturated rings. The molecule has 7 heteroatoms. The summed E-state index contributed by atoms with van der Waals surface area (Å²) in [5.41, 5.74) is 4.22. The summed E-state index contributed by atoms with van der Waals surface area (Å²) < 4.78 is 1.11. The van der Waals surface area contributed by atoms with E-state index >= 15 is 0 Å². The maximum absolute atomic E-state index is 9.10. The number of aromatic nitrogens is 3. The molecule has 0 aliphatic carbocycles. The number of pyridine rings is 2. The van der Waals surface area contributed by atoms with E-state index in [-0.39, 0.29) is 6.61 Å². The molecule has 0 spiro atoms. The molecule has 0 saturated carbocycles. The van der Waals surface area contributed by atoms with Crippen molar-refractivity contribution >= 4 is 38.2 Å². The molecule has 4 aromatic rings. The van der Waals surface area contributed by atoms with Crippen molar-refractivity contribution in [3.8, 4) is 11.1 Å². The Balaban J connectivity index is 1.59. The van der Waals surface area contributed by atoms with Gasteiger partial charge in [0, 0.05) is 43.9 Å². The van der Waals surface area contributed by atoms with Crippen molar-refractivity contribution in [1.82, 2.24) is 15.0 Å². The van der Waals surface area contributed by atoms with E-state index in [4.69, 9.17) is 5.11 Å². The van der Waals surface area contributed by atoms with E-state index in [0.29, 0.717) is 6.54 Å². The van der Waals surface area contributed by atoms with E-state index in [1.165, 1.54) is 0 Å². The third-order valence-corrected chi connectivity index (χ3v) is 5.19. The van der Waals surface area contributed by atoms with Crippen molar-refractivity contribution in [2.45, 2.75) is 0 Å². The van der Waals surface area contributed by atoms with Gasteiger partial charge in [0.15, 0.2) is 5.13 Å². The van der Waals surface area contributed by atoms with E-state index < -0.39 is 0 Å². The van der Waals surface area contributed by atoms with Crippen molar-refractivity contribution in [1.29, 1.82) is 0 Å². The molecule has 0 unspecified atom stereocenters. The molecule has 4 rings (SSSR count). The second kappa shape index (κ2) is 7.69. The van der Waals surface area contributed by atoms with E-state index in [9.17, 15) is 0 Å². The molecular weight excluding hydrogens is 358 g/mol. The van der Waals surface area contributed by atoms with Gasteiger partial charge in [-0.1, -0.05) is 17.4 Å². The van der Waals surface area contributed by atoms with Gasteiger partial charge in [-0.05, 0) is 41.5 Å². The summed E-state index contributed by atoms with van der Waals surface area (Å²) in [6.07, 6.45) is 5.34. The molecule has 27 heavy (non-hydrogen) atoms. The number of nitrogens with zero attached hydrogens (tertiary/aromatic N) is 4. The number of hydrogen-bond donors (Lipinski definition) is 2. The van der Waals surface area contributed by atoms with Crippen LogP contribution in [0.1, 0.15) is 0 Å². The summed E-state index contributed by atoms with van der Waals surface area (Å²) >= 11 is 1.59. The van der Waals surface area contributed by atoms with Gasteiger partial charge in [0.05, 0.1) is 16.8 Å². The largest absolute Gasteiger partial charge is 0.395 e. The monoisotopic (exact) mass is 377 g/mol. The first kappa shape index (κ1) is 17.4. The standard InChI is InChI=1S/C20H19N5OS/c1-25(10-11-26)16-6-9-22-19(13-16)24-20-23-17-3-2-15(12-18(17)27-20)14-4-7-21-8-5-14/h2-9,12-13,26H,10-11H2,1H3,(H,22,23,24). The van der Waals surface area contributed by atoms with Gasteiger partial charge in [-0.2, -0.15) is 0 Å². The molecule has 3 heterocycles. The van der Waals surface area contributed by atoms with Crippen molar-refractivity contribution < 1.29 is 5.11 Å². The predicted molar refractivity (Wildman–Crippen MR) is 111 cm³/mol. The van der Waals surface area contributed by atoms with Crippen LogP contribution in [-0.2, 0) is 0 Å². The summed E-state index contributed by atoms with van der Waals surface area (Å²) in [6.45, 7) is 0.682. The summed E-state index contributed by atoms with van der Waals surface area (Å²) in [5.74, 6) is 0.728. The molecule has 0 amide bonds. The topological polar surface area (TPSA) is 74.2 Å². The lowest BCUT2D eigenvalue weighted by Crippen LogP contribution is -2.21. The van der Waals surface area contributed by atoms with Crippen LogP contribution in [0.25, 0.3) is 21.3 Å². The Morgan fingerprint density at radius 2 is 1.89 bits per heavy atom. The van der Waals surface area contributed by atoms with Gasteiger partial charge in [-0.15, -0.1) is 0 Å². The minimum absolute atomic E-state index is 0.110. The minimum atomic E-state index is 0.110.